The summed E-state index contributed by atoms with van der Waals surface area (Å²) in [6.45, 7) is 0.187. The highest BCUT2D eigenvalue weighted by atomic mass is 16.5. The van der Waals surface area contributed by atoms with Crippen molar-refractivity contribution in [2.24, 2.45) is 0 Å². The van der Waals surface area contributed by atoms with Crippen molar-refractivity contribution in [2.45, 2.75) is 0 Å². The average Bonchev–Trinajstić information content (AvgIpc) is 2.64. The van der Waals surface area contributed by atoms with Crippen LogP contribution in [-0.2, 0) is 0 Å². The number of carbonyl (C=O) groups excluding carboxylic acids is 1. The van der Waals surface area contributed by atoms with Crippen LogP contribution in [0.5, 0.6) is 11.5 Å². The molecule has 2 aromatic rings. The number of allylic oxidation sites excluding steroid dienone is 1. The Morgan fingerprint density at radius 2 is 1.96 bits per heavy atom. The maximum Gasteiger partial charge on any atom is 0.203 e. The van der Waals surface area contributed by atoms with Crippen molar-refractivity contribution in [3.8, 4) is 29.9 Å². The van der Waals surface area contributed by atoms with Crippen LogP contribution in [0, 0.1) is 23.7 Å². The van der Waals surface area contributed by atoms with Crippen LogP contribution in [0.25, 0.3) is 6.08 Å². The molecule has 0 aromatic heterocycles. The van der Waals surface area contributed by atoms with E-state index in [2.05, 4.69) is 5.92 Å². The maximum atomic E-state index is 12.5. The molecular weight excluding hydrogens is 302 g/mol. The molecule has 4 nitrogen and oxygen atoms in total. The number of terminal acetylenes is 1. The monoisotopic (exact) mass is 317 g/mol. The summed E-state index contributed by atoms with van der Waals surface area (Å²) >= 11 is 0. The van der Waals surface area contributed by atoms with E-state index in [0.717, 1.165) is 5.56 Å². The molecule has 118 valence electrons. The Kier molecular flexibility index (Phi) is 5.77. The van der Waals surface area contributed by atoms with Gasteiger partial charge < -0.3 is 9.47 Å². The van der Waals surface area contributed by atoms with Crippen molar-refractivity contribution in [1.29, 1.82) is 5.26 Å². The topological polar surface area (TPSA) is 59.3 Å². The second-order valence-electron chi connectivity index (χ2n) is 4.79. The lowest BCUT2D eigenvalue weighted by Gasteiger charge is -2.04. The van der Waals surface area contributed by atoms with Crippen LogP contribution in [0.1, 0.15) is 15.9 Å². The van der Waals surface area contributed by atoms with Gasteiger partial charge in [-0.15, -0.1) is 6.42 Å². The zero-order chi connectivity index (χ0) is 17.4. The molecule has 2 rings (SSSR count). The average molecular weight is 317 g/mol. The smallest absolute Gasteiger partial charge is 0.203 e. The number of rotatable bonds is 6. The maximum absolute atomic E-state index is 12.5. The molecule has 0 radical (unpaired) electrons. The molecule has 0 aliphatic rings. The second kappa shape index (κ2) is 8.22. The first-order chi connectivity index (χ1) is 11.7. The summed E-state index contributed by atoms with van der Waals surface area (Å²) in [5.41, 5.74) is 1.16. The molecule has 0 saturated carbocycles. The van der Waals surface area contributed by atoms with Crippen LogP contribution in [-0.4, -0.2) is 19.5 Å². The zero-order valence-corrected chi connectivity index (χ0v) is 13.2. The zero-order valence-electron chi connectivity index (χ0n) is 13.2. The number of hydrogen-bond donors (Lipinski definition) is 0. The van der Waals surface area contributed by atoms with Crippen LogP contribution in [0.2, 0.25) is 0 Å². The molecule has 24 heavy (non-hydrogen) atoms. The highest BCUT2D eigenvalue weighted by molar-refractivity contribution is 6.14. The van der Waals surface area contributed by atoms with Gasteiger partial charge in [0.25, 0.3) is 0 Å². The molecule has 0 amide bonds. The Bertz CT molecular complexity index is 836. The van der Waals surface area contributed by atoms with E-state index in [1.54, 1.807) is 48.5 Å². The quantitative estimate of drug-likeness (QED) is 0.354. The Morgan fingerprint density at radius 1 is 1.21 bits per heavy atom. The lowest BCUT2D eigenvalue weighted by molar-refractivity contribution is 0.103. The number of benzene rings is 2. The summed E-state index contributed by atoms with van der Waals surface area (Å²) in [5.74, 6) is 3.22. The van der Waals surface area contributed by atoms with Gasteiger partial charge in [0.1, 0.15) is 29.7 Å². The van der Waals surface area contributed by atoms with Gasteiger partial charge in [0, 0.05) is 5.56 Å². The van der Waals surface area contributed by atoms with Crippen LogP contribution in [0.4, 0.5) is 0 Å². The Labute approximate surface area is 140 Å². The van der Waals surface area contributed by atoms with Crippen LogP contribution >= 0.6 is 0 Å². The largest absolute Gasteiger partial charge is 0.497 e. The minimum atomic E-state index is -0.357. The molecule has 2 aromatic carbocycles. The number of nitrogens with zero attached hydrogens (tertiary/aromatic N) is 1. The van der Waals surface area contributed by atoms with Crippen molar-refractivity contribution in [1.82, 2.24) is 0 Å². The van der Waals surface area contributed by atoms with Gasteiger partial charge >= 0.3 is 0 Å². The minimum Gasteiger partial charge on any atom is -0.497 e. The summed E-state index contributed by atoms with van der Waals surface area (Å²) in [6.07, 6.45) is 6.67. The number of carbonyl (C=O) groups is 1. The van der Waals surface area contributed by atoms with Crippen LogP contribution in [0.3, 0.4) is 0 Å². The first kappa shape index (κ1) is 16.9. The summed E-state index contributed by atoms with van der Waals surface area (Å²) < 4.78 is 10.4. The molecule has 0 unspecified atom stereocenters. The molecule has 0 heterocycles. The summed E-state index contributed by atoms with van der Waals surface area (Å²) in [4.78, 5) is 12.5. The Hall–Kier alpha value is -3.50. The van der Waals surface area contributed by atoms with E-state index < -0.39 is 0 Å². The predicted octanol–water partition coefficient (Wildman–Crippen LogP) is 3.50. The van der Waals surface area contributed by atoms with E-state index >= 15 is 0 Å². The van der Waals surface area contributed by atoms with Crippen molar-refractivity contribution in [3.63, 3.8) is 0 Å². The highest BCUT2D eigenvalue weighted by Crippen LogP contribution is 2.19. The lowest BCUT2D eigenvalue weighted by Crippen LogP contribution is -2.02. The fraction of sp³-hybridized carbons (Fsp3) is 0.100. The lowest BCUT2D eigenvalue weighted by atomic mass is 10.0. The molecule has 4 heteroatoms. The highest BCUT2D eigenvalue weighted by Gasteiger charge is 2.13. The van der Waals surface area contributed by atoms with Gasteiger partial charge in [-0.05, 0) is 35.9 Å². The second-order valence-corrected chi connectivity index (χ2v) is 4.79. The molecule has 0 atom stereocenters. The molecule has 0 saturated heterocycles. The van der Waals surface area contributed by atoms with Crippen molar-refractivity contribution >= 4 is 11.9 Å². The number of hydrogen-bond acceptors (Lipinski definition) is 4. The third-order valence-electron chi connectivity index (χ3n) is 3.21. The van der Waals surface area contributed by atoms with E-state index in [0.29, 0.717) is 17.1 Å². The summed E-state index contributed by atoms with van der Waals surface area (Å²) in [7, 11) is 1.52. The molecule has 0 bridgehead atoms. The number of nitriles is 1. The third kappa shape index (κ3) is 4.25. The van der Waals surface area contributed by atoms with Crippen LogP contribution in [0.15, 0.2) is 54.1 Å². The first-order valence-corrected chi connectivity index (χ1v) is 7.15. The number of ketones is 1. The number of Topliss-reactive ketones (excluding diaryl/α,β-unsaturated/α-hetero) is 1. The van der Waals surface area contributed by atoms with E-state index in [9.17, 15) is 10.1 Å². The number of methoxy groups -OCH3 is 1. The first-order valence-electron chi connectivity index (χ1n) is 7.15. The van der Waals surface area contributed by atoms with Gasteiger partial charge in [-0.3, -0.25) is 4.79 Å². The van der Waals surface area contributed by atoms with Crippen molar-refractivity contribution < 1.29 is 14.3 Å². The molecule has 0 spiro atoms. The SMILES string of the molecule is C#CCOc1ccc(/C=C(/C#N)C(=O)c2cccc(OC)c2)cc1. The minimum absolute atomic E-state index is 0.0422. The van der Waals surface area contributed by atoms with Crippen LogP contribution < -0.4 is 9.47 Å². The number of ether oxygens (including phenoxy) is 2. The fourth-order valence-corrected chi connectivity index (χ4v) is 2.02. The molecule has 0 aliphatic carbocycles. The summed E-state index contributed by atoms with van der Waals surface area (Å²) in [6, 6.07) is 15.6. The van der Waals surface area contributed by atoms with Gasteiger partial charge in [-0.2, -0.15) is 5.26 Å². The van der Waals surface area contributed by atoms with E-state index in [4.69, 9.17) is 15.9 Å². The van der Waals surface area contributed by atoms with Gasteiger partial charge in [-0.25, -0.2) is 0 Å². The Morgan fingerprint density at radius 3 is 2.58 bits per heavy atom. The molecule has 0 N–H and O–H groups in total. The van der Waals surface area contributed by atoms with Gasteiger partial charge in [0.2, 0.25) is 5.78 Å². The fourth-order valence-electron chi connectivity index (χ4n) is 2.02. The van der Waals surface area contributed by atoms with Gasteiger partial charge in [-0.1, -0.05) is 30.2 Å². The standard InChI is InChI=1S/C20H15NO3/c1-3-11-24-18-9-7-15(8-10-18)12-17(14-21)20(22)16-5-4-6-19(13-16)23-2/h1,4-10,12-13H,11H2,2H3/b17-12-. The third-order valence-corrected chi connectivity index (χ3v) is 3.21. The molecule has 0 aliphatic heterocycles. The van der Waals surface area contributed by atoms with Gasteiger partial charge in [0.15, 0.2) is 0 Å². The predicted molar refractivity (Wildman–Crippen MR) is 91.7 cm³/mol. The Balaban J connectivity index is 2.23. The molecular formula is C20H15NO3. The van der Waals surface area contributed by atoms with E-state index in [-0.39, 0.29) is 18.0 Å². The molecule has 0 fully saturated rings. The van der Waals surface area contributed by atoms with Crippen molar-refractivity contribution in [3.05, 3.63) is 65.2 Å². The normalized spacial score (nSPS) is 10.4. The summed E-state index contributed by atoms with van der Waals surface area (Å²) in [5, 5.41) is 9.30. The van der Waals surface area contributed by atoms with E-state index in [1.165, 1.54) is 13.2 Å². The van der Waals surface area contributed by atoms with E-state index in [1.807, 2.05) is 6.07 Å². The van der Waals surface area contributed by atoms with Crippen molar-refractivity contribution in [2.75, 3.05) is 13.7 Å². The van der Waals surface area contributed by atoms with Gasteiger partial charge in [0.05, 0.1) is 7.11 Å².